The van der Waals surface area contributed by atoms with Gasteiger partial charge in [0, 0.05) is 17.5 Å². The standard InChI is InChI=1S/C22H28N2O2S/c1-16(2)23-22(26)18(4)24(14-19-11-9-8-10-17(19)3)21(25)15-27-20-12-6-5-7-13-20/h5-13,16,18H,14-15H2,1-4H3,(H,23,26). The maximum absolute atomic E-state index is 13.0. The van der Waals surface area contributed by atoms with Crippen LogP contribution in [0.4, 0.5) is 0 Å². The van der Waals surface area contributed by atoms with Crippen molar-refractivity contribution in [3.63, 3.8) is 0 Å². The van der Waals surface area contributed by atoms with Crippen molar-refractivity contribution in [3.8, 4) is 0 Å². The Labute approximate surface area is 166 Å². The molecule has 2 aromatic carbocycles. The summed E-state index contributed by atoms with van der Waals surface area (Å²) in [7, 11) is 0. The van der Waals surface area contributed by atoms with E-state index in [1.165, 1.54) is 11.8 Å². The number of amides is 2. The number of aryl methyl sites for hydroxylation is 1. The molecule has 1 atom stereocenters. The number of thioether (sulfide) groups is 1. The zero-order chi connectivity index (χ0) is 19.8. The fraction of sp³-hybridized carbons (Fsp3) is 0.364. The van der Waals surface area contributed by atoms with Gasteiger partial charge in [0.05, 0.1) is 5.75 Å². The molecule has 2 amide bonds. The maximum Gasteiger partial charge on any atom is 0.242 e. The number of rotatable bonds is 8. The van der Waals surface area contributed by atoms with Gasteiger partial charge in [0.15, 0.2) is 0 Å². The molecule has 0 saturated carbocycles. The van der Waals surface area contributed by atoms with Crippen molar-refractivity contribution < 1.29 is 9.59 Å². The smallest absolute Gasteiger partial charge is 0.242 e. The van der Waals surface area contributed by atoms with Gasteiger partial charge in [-0.25, -0.2) is 0 Å². The highest BCUT2D eigenvalue weighted by molar-refractivity contribution is 8.00. The highest BCUT2D eigenvalue weighted by Gasteiger charge is 2.26. The average Bonchev–Trinajstić information content (AvgIpc) is 2.65. The molecule has 5 heteroatoms. The summed E-state index contributed by atoms with van der Waals surface area (Å²) in [5.74, 6) is 0.130. The van der Waals surface area contributed by atoms with Crippen molar-refractivity contribution in [2.45, 2.75) is 51.2 Å². The summed E-state index contributed by atoms with van der Waals surface area (Å²) in [5, 5.41) is 2.91. The minimum absolute atomic E-state index is 0.0362. The first-order valence-corrected chi connectivity index (χ1v) is 10.2. The molecule has 0 aliphatic carbocycles. The van der Waals surface area contributed by atoms with E-state index < -0.39 is 6.04 Å². The van der Waals surface area contributed by atoms with Gasteiger partial charge in [-0.2, -0.15) is 0 Å². The van der Waals surface area contributed by atoms with Gasteiger partial charge < -0.3 is 10.2 Å². The molecular formula is C22H28N2O2S. The van der Waals surface area contributed by atoms with Crippen molar-refractivity contribution in [2.24, 2.45) is 0 Å². The lowest BCUT2D eigenvalue weighted by atomic mass is 10.1. The summed E-state index contributed by atoms with van der Waals surface area (Å²) in [6, 6.07) is 17.3. The highest BCUT2D eigenvalue weighted by atomic mass is 32.2. The number of hydrogen-bond acceptors (Lipinski definition) is 3. The predicted octanol–water partition coefficient (Wildman–Crippen LogP) is 4.03. The van der Waals surface area contributed by atoms with Crippen LogP contribution in [0.3, 0.4) is 0 Å². The average molecular weight is 385 g/mol. The van der Waals surface area contributed by atoms with E-state index in [-0.39, 0.29) is 17.9 Å². The number of carbonyl (C=O) groups is 2. The number of nitrogens with one attached hydrogen (secondary N) is 1. The Morgan fingerprint density at radius 2 is 1.63 bits per heavy atom. The van der Waals surface area contributed by atoms with E-state index in [1.807, 2.05) is 75.4 Å². The molecule has 0 radical (unpaired) electrons. The van der Waals surface area contributed by atoms with Crippen molar-refractivity contribution in [1.82, 2.24) is 10.2 Å². The van der Waals surface area contributed by atoms with E-state index in [0.29, 0.717) is 12.3 Å². The third-order valence-electron chi connectivity index (χ3n) is 4.31. The lowest BCUT2D eigenvalue weighted by Crippen LogP contribution is -2.49. The molecule has 0 bridgehead atoms. The third-order valence-corrected chi connectivity index (χ3v) is 5.30. The van der Waals surface area contributed by atoms with Crippen molar-refractivity contribution >= 4 is 23.6 Å². The van der Waals surface area contributed by atoms with Crippen LogP contribution >= 0.6 is 11.8 Å². The predicted molar refractivity (Wildman–Crippen MR) is 112 cm³/mol. The number of benzene rings is 2. The first kappa shape index (κ1) is 21.0. The SMILES string of the molecule is Cc1ccccc1CN(C(=O)CSc1ccccc1)C(C)C(=O)NC(C)C. The molecule has 144 valence electrons. The molecular weight excluding hydrogens is 356 g/mol. The van der Waals surface area contributed by atoms with E-state index >= 15 is 0 Å². The molecule has 0 spiro atoms. The number of hydrogen-bond donors (Lipinski definition) is 1. The summed E-state index contributed by atoms with van der Waals surface area (Å²) >= 11 is 1.49. The molecule has 27 heavy (non-hydrogen) atoms. The fourth-order valence-corrected chi connectivity index (χ4v) is 3.51. The second-order valence-electron chi connectivity index (χ2n) is 6.89. The second kappa shape index (κ2) is 10.2. The van der Waals surface area contributed by atoms with E-state index in [0.717, 1.165) is 16.0 Å². The van der Waals surface area contributed by atoms with Crippen molar-refractivity contribution in [3.05, 3.63) is 65.7 Å². The van der Waals surface area contributed by atoms with Gasteiger partial charge in [-0.3, -0.25) is 9.59 Å². The lowest BCUT2D eigenvalue weighted by Gasteiger charge is -2.29. The van der Waals surface area contributed by atoms with E-state index in [1.54, 1.807) is 11.8 Å². The zero-order valence-corrected chi connectivity index (χ0v) is 17.3. The molecule has 0 aliphatic rings. The summed E-state index contributed by atoms with van der Waals surface area (Å²) in [4.78, 5) is 28.2. The van der Waals surface area contributed by atoms with Crippen LogP contribution in [0.5, 0.6) is 0 Å². The van der Waals surface area contributed by atoms with Crippen LogP contribution in [-0.2, 0) is 16.1 Å². The van der Waals surface area contributed by atoms with Gasteiger partial charge in [0.2, 0.25) is 11.8 Å². The van der Waals surface area contributed by atoms with Crippen LogP contribution in [0.25, 0.3) is 0 Å². The van der Waals surface area contributed by atoms with E-state index in [2.05, 4.69) is 5.32 Å². The molecule has 2 aromatic rings. The molecule has 0 fully saturated rings. The summed E-state index contributed by atoms with van der Waals surface area (Å²) in [6.07, 6.45) is 0. The summed E-state index contributed by atoms with van der Waals surface area (Å²) < 4.78 is 0. The minimum Gasteiger partial charge on any atom is -0.352 e. The molecule has 0 heterocycles. The normalized spacial score (nSPS) is 11.9. The minimum atomic E-state index is -0.532. The molecule has 2 rings (SSSR count). The molecule has 0 aromatic heterocycles. The topological polar surface area (TPSA) is 49.4 Å². The fourth-order valence-electron chi connectivity index (χ4n) is 2.70. The molecule has 4 nitrogen and oxygen atoms in total. The van der Waals surface area contributed by atoms with Crippen LogP contribution < -0.4 is 5.32 Å². The second-order valence-corrected chi connectivity index (χ2v) is 7.94. The third kappa shape index (κ3) is 6.43. The number of nitrogens with zero attached hydrogens (tertiary/aromatic N) is 1. The highest BCUT2D eigenvalue weighted by Crippen LogP contribution is 2.20. The Bertz CT molecular complexity index is 762. The van der Waals surface area contributed by atoms with Crippen LogP contribution in [0.15, 0.2) is 59.5 Å². The van der Waals surface area contributed by atoms with Crippen LogP contribution in [0.1, 0.15) is 31.9 Å². The van der Waals surface area contributed by atoms with E-state index in [4.69, 9.17) is 0 Å². The van der Waals surface area contributed by atoms with Crippen LogP contribution in [0, 0.1) is 6.92 Å². The first-order chi connectivity index (χ1) is 12.9. The molecule has 1 N–H and O–H groups in total. The van der Waals surface area contributed by atoms with Crippen LogP contribution in [0.2, 0.25) is 0 Å². The zero-order valence-electron chi connectivity index (χ0n) is 16.4. The van der Waals surface area contributed by atoms with Gasteiger partial charge >= 0.3 is 0 Å². The van der Waals surface area contributed by atoms with Crippen molar-refractivity contribution in [2.75, 3.05) is 5.75 Å². The summed E-state index contributed by atoms with van der Waals surface area (Å²) in [6.45, 7) is 8.08. The molecule has 1 unspecified atom stereocenters. The summed E-state index contributed by atoms with van der Waals surface area (Å²) in [5.41, 5.74) is 2.17. The Morgan fingerprint density at radius 3 is 2.26 bits per heavy atom. The van der Waals surface area contributed by atoms with Gasteiger partial charge in [0.1, 0.15) is 6.04 Å². The maximum atomic E-state index is 13.0. The Kier molecular flexibility index (Phi) is 7.92. The van der Waals surface area contributed by atoms with E-state index in [9.17, 15) is 9.59 Å². The largest absolute Gasteiger partial charge is 0.352 e. The Hall–Kier alpha value is -2.27. The first-order valence-electron chi connectivity index (χ1n) is 9.20. The quantitative estimate of drug-likeness (QED) is 0.699. The van der Waals surface area contributed by atoms with Gasteiger partial charge in [-0.15, -0.1) is 11.8 Å². The molecule has 0 aliphatic heterocycles. The monoisotopic (exact) mass is 384 g/mol. The molecule has 0 saturated heterocycles. The number of carbonyl (C=O) groups excluding carboxylic acids is 2. The van der Waals surface area contributed by atoms with Crippen molar-refractivity contribution in [1.29, 1.82) is 0 Å². The lowest BCUT2D eigenvalue weighted by molar-refractivity contribution is -0.138. The Morgan fingerprint density at radius 1 is 1.00 bits per heavy atom. The Balaban J connectivity index is 2.15. The van der Waals surface area contributed by atoms with Gasteiger partial charge in [-0.1, -0.05) is 42.5 Å². The van der Waals surface area contributed by atoms with Gasteiger partial charge in [0.25, 0.3) is 0 Å². The van der Waals surface area contributed by atoms with Gasteiger partial charge in [-0.05, 0) is 51.0 Å². The van der Waals surface area contributed by atoms with Crippen LogP contribution in [-0.4, -0.2) is 34.6 Å².